The Kier molecular flexibility index (Phi) is 18.9. The number of benzene rings is 1. The summed E-state index contributed by atoms with van der Waals surface area (Å²) in [6.07, 6.45) is 1.17. The van der Waals surface area contributed by atoms with Crippen LogP contribution in [0.4, 0.5) is 0 Å². The molecule has 1 aromatic carbocycles. The molecule has 0 radical (unpaired) electrons. The molecule has 0 bridgehead atoms. The van der Waals surface area contributed by atoms with Crippen LogP contribution in [0, 0.1) is 0 Å². The van der Waals surface area contributed by atoms with Gasteiger partial charge in [-0.25, -0.2) is 4.79 Å². The molecule has 8 atom stereocenters. The molecule has 19 nitrogen and oxygen atoms in total. The van der Waals surface area contributed by atoms with Gasteiger partial charge in [0.2, 0.25) is 29.5 Å². The number of hydrogen-bond donors (Lipinski definition) is 11. The fourth-order valence-electron chi connectivity index (χ4n) is 7.04. The first-order valence-corrected chi connectivity index (χ1v) is 19.4. The van der Waals surface area contributed by atoms with Gasteiger partial charge in [-0.2, -0.15) is 0 Å². The van der Waals surface area contributed by atoms with E-state index in [0.717, 1.165) is 4.90 Å². The highest BCUT2D eigenvalue weighted by Crippen LogP contribution is 2.23. The largest absolute Gasteiger partial charge is 0.508 e. The SMILES string of the molecule is NCCCC[C@H](NC(=O)[C@@H]1C[C@@H](O)CN1C(=O)[C@H](CCCCN)NC(=O)[C@H](Cc1ccc(O)cc1)NC(=O)[C@@H]1C[C@@H](O)CN1C(=O)[C@@H](N)CCCCN)C(=O)O. The number of carboxylic acids is 1. The lowest BCUT2D eigenvalue weighted by Gasteiger charge is -2.31. The molecule has 0 aromatic heterocycles. The number of unbranched alkanes of at least 4 members (excludes halogenated alkanes) is 3. The van der Waals surface area contributed by atoms with Crippen molar-refractivity contribution < 1.29 is 49.2 Å². The topological polar surface area (TPSA) is 330 Å². The van der Waals surface area contributed by atoms with Crippen LogP contribution in [0.5, 0.6) is 5.75 Å². The maximum atomic E-state index is 14.2. The molecule has 0 aliphatic carbocycles. The summed E-state index contributed by atoms with van der Waals surface area (Å²) in [6.45, 7) is 0.687. The fourth-order valence-corrected chi connectivity index (χ4v) is 7.04. The second-order valence-corrected chi connectivity index (χ2v) is 14.6. The Morgan fingerprint density at radius 3 is 1.62 bits per heavy atom. The van der Waals surface area contributed by atoms with E-state index in [-0.39, 0.29) is 50.9 Å². The molecule has 1 aromatic rings. The summed E-state index contributed by atoms with van der Waals surface area (Å²) in [5.74, 6) is -4.79. The van der Waals surface area contributed by atoms with Crippen molar-refractivity contribution in [3.63, 3.8) is 0 Å². The Balaban J connectivity index is 1.86. The van der Waals surface area contributed by atoms with Crippen LogP contribution in [-0.2, 0) is 35.2 Å². The third-order valence-corrected chi connectivity index (χ3v) is 10.1. The number of phenols is 1. The summed E-state index contributed by atoms with van der Waals surface area (Å²) >= 11 is 0. The molecule has 0 saturated carbocycles. The van der Waals surface area contributed by atoms with Gasteiger partial charge in [0, 0.05) is 32.4 Å². The standard InChI is InChI=1S/C37H61N9O10/c38-14-4-1-7-26(41)35(53)45-20-24(48)18-30(45)34(52)44-29(17-22-10-12-23(47)13-11-22)32(50)42-27(8-2-5-15-39)36(54)46-21-25(49)19-31(46)33(51)43-28(37(55)56)9-3-6-16-40/h10-13,24-31,47-49H,1-9,14-21,38-41H2,(H,42,50)(H,43,51)(H,44,52)(H,55,56)/t24-,25-,26+,27+,28+,29+,30+,31+/m1/s1. The fraction of sp³-hybridized carbons (Fsp3) is 0.676. The Hall–Kier alpha value is -4.40. The number of aliphatic hydroxyl groups excluding tert-OH is 2. The molecule has 0 unspecified atom stereocenters. The molecule has 2 fully saturated rings. The Labute approximate surface area is 326 Å². The molecular formula is C37H61N9O10. The van der Waals surface area contributed by atoms with Gasteiger partial charge in [0.05, 0.1) is 18.2 Å². The number of carboxylic acid groups (broad SMARTS) is 1. The number of likely N-dealkylation sites (tertiary alicyclic amines) is 2. The van der Waals surface area contributed by atoms with Gasteiger partial charge in [0.25, 0.3) is 0 Å². The Morgan fingerprint density at radius 2 is 1.12 bits per heavy atom. The first-order chi connectivity index (χ1) is 26.7. The van der Waals surface area contributed by atoms with E-state index in [2.05, 4.69) is 16.0 Å². The van der Waals surface area contributed by atoms with Gasteiger partial charge in [-0.15, -0.1) is 0 Å². The summed E-state index contributed by atoms with van der Waals surface area (Å²) in [6, 6.07) is -1.20. The van der Waals surface area contributed by atoms with Gasteiger partial charge in [-0.1, -0.05) is 18.6 Å². The van der Waals surface area contributed by atoms with Crippen LogP contribution < -0.4 is 38.9 Å². The van der Waals surface area contributed by atoms with E-state index in [1.54, 1.807) is 12.1 Å². The number of carbonyl (C=O) groups is 6. The van der Waals surface area contributed by atoms with Crippen molar-refractivity contribution in [2.45, 2.75) is 126 Å². The highest BCUT2D eigenvalue weighted by atomic mass is 16.4. The lowest BCUT2D eigenvalue weighted by Crippen LogP contribution is -2.59. The maximum Gasteiger partial charge on any atom is 0.326 e. The van der Waals surface area contributed by atoms with E-state index < -0.39 is 84.0 Å². The van der Waals surface area contributed by atoms with Gasteiger partial charge < -0.3 is 69.1 Å². The third-order valence-electron chi connectivity index (χ3n) is 10.1. The number of nitrogens with two attached hydrogens (primary N) is 4. The summed E-state index contributed by atoms with van der Waals surface area (Å²) in [5, 5.41) is 48.5. The lowest BCUT2D eigenvalue weighted by atomic mass is 10.0. The Bertz CT molecular complexity index is 1470. The number of carbonyl (C=O) groups excluding carboxylic acids is 5. The number of aromatic hydroxyl groups is 1. The molecule has 2 aliphatic heterocycles. The molecule has 3 rings (SSSR count). The van der Waals surface area contributed by atoms with E-state index in [9.17, 15) is 49.2 Å². The van der Waals surface area contributed by atoms with Gasteiger partial charge in [-0.05, 0) is 88.7 Å². The van der Waals surface area contributed by atoms with Crippen molar-refractivity contribution >= 4 is 35.5 Å². The van der Waals surface area contributed by atoms with E-state index >= 15 is 0 Å². The molecule has 19 heteroatoms. The smallest absolute Gasteiger partial charge is 0.326 e. The minimum absolute atomic E-state index is 0.0297. The van der Waals surface area contributed by atoms with Crippen molar-refractivity contribution in [3.8, 4) is 5.75 Å². The monoisotopic (exact) mass is 791 g/mol. The lowest BCUT2D eigenvalue weighted by molar-refractivity contribution is -0.145. The maximum absolute atomic E-state index is 14.2. The van der Waals surface area contributed by atoms with Crippen LogP contribution in [-0.4, -0.2) is 147 Å². The average molecular weight is 792 g/mol. The van der Waals surface area contributed by atoms with Gasteiger partial charge in [0.1, 0.15) is 36.0 Å². The first kappa shape index (κ1) is 46.0. The van der Waals surface area contributed by atoms with Gasteiger partial charge in [0.15, 0.2) is 0 Å². The van der Waals surface area contributed by atoms with E-state index in [1.165, 1.54) is 17.0 Å². The number of aliphatic carboxylic acids is 1. The molecule has 2 saturated heterocycles. The number of nitrogens with one attached hydrogen (secondary N) is 3. The third kappa shape index (κ3) is 13.7. The molecular weight excluding hydrogens is 730 g/mol. The highest BCUT2D eigenvalue weighted by molar-refractivity contribution is 5.97. The molecule has 56 heavy (non-hydrogen) atoms. The number of hydrogen-bond acceptors (Lipinski definition) is 13. The number of β-amino-alcohol motifs (C(OH)–C–C–N with tert-alkyl or cyclic N) is 2. The predicted molar refractivity (Wildman–Crippen MR) is 204 cm³/mol. The van der Waals surface area contributed by atoms with Crippen LogP contribution >= 0.6 is 0 Å². The Morgan fingerprint density at radius 1 is 0.661 bits per heavy atom. The van der Waals surface area contributed by atoms with Crippen molar-refractivity contribution in [2.24, 2.45) is 22.9 Å². The number of amides is 5. The normalized spacial score (nSPS) is 21.5. The van der Waals surface area contributed by atoms with Gasteiger partial charge in [-0.3, -0.25) is 24.0 Å². The second kappa shape index (κ2) is 23.0. The van der Waals surface area contributed by atoms with Crippen molar-refractivity contribution in [1.29, 1.82) is 0 Å². The number of nitrogens with zero attached hydrogens (tertiary/aromatic N) is 2. The highest BCUT2D eigenvalue weighted by Gasteiger charge is 2.44. The van der Waals surface area contributed by atoms with Crippen molar-refractivity contribution in [1.82, 2.24) is 25.8 Å². The van der Waals surface area contributed by atoms with Gasteiger partial charge >= 0.3 is 5.97 Å². The molecule has 2 aliphatic rings. The zero-order valence-corrected chi connectivity index (χ0v) is 31.9. The van der Waals surface area contributed by atoms with Crippen LogP contribution in [0.15, 0.2) is 24.3 Å². The molecule has 0 spiro atoms. The molecule has 5 amide bonds. The van der Waals surface area contributed by atoms with Crippen LogP contribution in [0.2, 0.25) is 0 Å². The number of aliphatic hydroxyl groups is 2. The number of rotatable bonds is 23. The first-order valence-electron chi connectivity index (χ1n) is 19.4. The van der Waals surface area contributed by atoms with Crippen molar-refractivity contribution in [2.75, 3.05) is 32.7 Å². The van der Waals surface area contributed by atoms with E-state index in [4.69, 9.17) is 22.9 Å². The summed E-state index contributed by atoms with van der Waals surface area (Å²) in [7, 11) is 0. The zero-order chi connectivity index (χ0) is 41.4. The van der Waals surface area contributed by atoms with Crippen LogP contribution in [0.3, 0.4) is 0 Å². The summed E-state index contributed by atoms with van der Waals surface area (Å²) in [4.78, 5) is 83.1. The minimum atomic E-state index is -1.32. The van der Waals surface area contributed by atoms with E-state index in [1.807, 2.05) is 0 Å². The molecule has 314 valence electrons. The van der Waals surface area contributed by atoms with E-state index in [0.29, 0.717) is 70.1 Å². The summed E-state index contributed by atoms with van der Waals surface area (Å²) < 4.78 is 0. The molecule has 2 heterocycles. The second-order valence-electron chi connectivity index (χ2n) is 14.6. The van der Waals surface area contributed by atoms with Crippen LogP contribution in [0.25, 0.3) is 0 Å². The van der Waals surface area contributed by atoms with Crippen molar-refractivity contribution in [3.05, 3.63) is 29.8 Å². The predicted octanol–water partition coefficient (Wildman–Crippen LogP) is -2.89. The summed E-state index contributed by atoms with van der Waals surface area (Å²) in [5.41, 5.74) is 23.5. The molecule has 15 N–H and O–H groups in total. The number of phenolic OH excluding ortho intramolecular Hbond substituents is 1. The minimum Gasteiger partial charge on any atom is -0.508 e. The quantitative estimate of drug-likeness (QED) is 0.0496. The zero-order valence-electron chi connectivity index (χ0n) is 31.9. The average Bonchev–Trinajstić information content (AvgIpc) is 3.76. The van der Waals surface area contributed by atoms with Crippen LogP contribution in [0.1, 0.15) is 76.2 Å².